The van der Waals surface area contributed by atoms with Crippen LogP contribution in [0, 0.1) is 12.7 Å². The van der Waals surface area contributed by atoms with Gasteiger partial charge in [-0.15, -0.1) is 0 Å². The monoisotopic (exact) mass is 454 g/mol. The molecule has 0 fully saturated rings. The molecule has 0 saturated heterocycles. The molecule has 164 valence electrons. The molecule has 3 heterocycles. The molecule has 0 radical (unpaired) electrons. The van der Waals surface area contributed by atoms with Crippen LogP contribution in [0.1, 0.15) is 47.2 Å². The van der Waals surface area contributed by atoms with Crippen molar-refractivity contribution in [1.82, 2.24) is 30.2 Å². The Hall–Kier alpha value is -3.59. The van der Waals surface area contributed by atoms with Crippen molar-refractivity contribution < 1.29 is 13.7 Å². The van der Waals surface area contributed by atoms with E-state index in [1.54, 1.807) is 36.0 Å². The molecule has 10 heteroatoms. The summed E-state index contributed by atoms with van der Waals surface area (Å²) in [4.78, 5) is 21.4. The van der Waals surface area contributed by atoms with Crippen molar-refractivity contribution in [2.75, 3.05) is 0 Å². The normalized spacial score (nSPS) is 11.2. The average Bonchev–Trinajstić information content (AvgIpc) is 3.42. The summed E-state index contributed by atoms with van der Waals surface area (Å²) in [6.45, 7) is 5.95. The average molecular weight is 455 g/mol. The molecule has 0 aliphatic heterocycles. The second-order valence-electron chi connectivity index (χ2n) is 7.50. The van der Waals surface area contributed by atoms with Crippen molar-refractivity contribution in [2.45, 2.75) is 33.2 Å². The summed E-state index contributed by atoms with van der Waals surface area (Å²) >= 11 is 5.79. The summed E-state index contributed by atoms with van der Waals surface area (Å²) in [7, 11) is 0. The standard InChI is InChI=1S/C22H20ClFN6O2/c1-12(2)20-28-22(32-29-20)15-5-7-19(25-10-15)30-13(3)16(11-27-30)21(31)26-9-14-4-6-18(24)17(23)8-14/h4-8,10-12H,9H2,1-3H3,(H,26,31). The van der Waals surface area contributed by atoms with Gasteiger partial charge in [-0.25, -0.2) is 14.1 Å². The number of amides is 1. The van der Waals surface area contributed by atoms with Crippen molar-refractivity contribution in [3.05, 3.63) is 76.2 Å². The zero-order valence-corrected chi connectivity index (χ0v) is 18.4. The molecule has 4 aromatic rings. The number of halogens is 2. The quantitative estimate of drug-likeness (QED) is 0.461. The minimum absolute atomic E-state index is 0.0104. The van der Waals surface area contributed by atoms with Crippen LogP contribution >= 0.6 is 11.6 Å². The van der Waals surface area contributed by atoms with Crippen molar-refractivity contribution in [3.63, 3.8) is 0 Å². The summed E-state index contributed by atoms with van der Waals surface area (Å²) in [5.74, 6) is 0.918. The van der Waals surface area contributed by atoms with Gasteiger partial charge in [0.15, 0.2) is 11.6 Å². The predicted octanol–water partition coefficient (Wildman–Crippen LogP) is 4.47. The molecule has 32 heavy (non-hydrogen) atoms. The fourth-order valence-corrected chi connectivity index (χ4v) is 3.22. The molecule has 0 bridgehead atoms. The van der Waals surface area contributed by atoms with Gasteiger partial charge in [0.2, 0.25) is 0 Å². The van der Waals surface area contributed by atoms with Crippen molar-refractivity contribution in [1.29, 1.82) is 0 Å². The molecular formula is C22H20ClFN6O2. The Morgan fingerprint density at radius 3 is 2.72 bits per heavy atom. The molecule has 1 aromatic carbocycles. The van der Waals surface area contributed by atoms with E-state index in [-0.39, 0.29) is 23.4 Å². The topological polar surface area (TPSA) is 98.7 Å². The predicted molar refractivity (Wildman–Crippen MR) is 116 cm³/mol. The van der Waals surface area contributed by atoms with Crippen LogP contribution in [-0.4, -0.2) is 30.8 Å². The molecule has 0 unspecified atom stereocenters. The Morgan fingerprint density at radius 1 is 1.25 bits per heavy atom. The molecular weight excluding hydrogens is 435 g/mol. The number of aromatic nitrogens is 5. The van der Waals surface area contributed by atoms with Gasteiger partial charge >= 0.3 is 0 Å². The molecule has 0 aliphatic carbocycles. The summed E-state index contributed by atoms with van der Waals surface area (Å²) in [6.07, 6.45) is 3.09. The van der Waals surface area contributed by atoms with Crippen LogP contribution in [0.3, 0.4) is 0 Å². The van der Waals surface area contributed by atoms with E-state index < -0.39 is 5.82 Å². The highest BCUT2D eigenvalue weighted by Gasteiger charge is 2.17. The highest BCUT2D eigenvalue weighted by molar-refractivity contribution is 6.30. The van der Waals surface area contributed by atoms with Gasteiger partial charge in [0, 0.05) is 18.7 Å². The second-order valence-corrected chi connectivity index (χ2v) is 7.91. The lowest BCUT2D eigenvalue weighted by Crippen LogP contribution is -2.23. The molecule has 4 rings (SSSR count). The molecule has 0 atom stereocenters. The number of hydrogen-bond acceptors (Lipinski definition) is 6. The first kappa shape index (κ1) is 21.6. The smallest absolute Gasteiger partial charge is 0.259 e. The lowest BCUT2D eigenvalue weighted by Gasteiger charge is -2.07. The number of hydrogen-bond donors (Lipinski definition) is 1. The summed E-state index contributed by atoms with van der Waals surface area (Å²) in [5, 5.41) is 11.0. The lowest BCUT2D eigenvalue weighted by molar-refractivity contribution is 0.0950. The first-order valence-corrected chi connectivity index (χ1v) is 10.3. The molecule has 1 N–H and O–H groups in total. The van der Waals surface area contributed by atoms with Gasteiger partial charge in [-0.3, -0.25) is 4.79 Å². The number of nitrogens with one attached hydrogen (secondary N) is 1. The molecule has 8 nitrogen and oxygen atoms in total. The van der Waals surface area contributed by atoms with Gasteiger partial charge in [-0.05, 0) is 36.8 Å². The third kappa shape index (κ3) is 4.38. The van der Waals surface area contributed by atoms with E-state index in [1.165, 1.54) is 18.3 Å². The van der Waals surface area contributed by atoms with Crippen LogP contribution < -0.4 is 5.32 Å². The van der Waals surface area contributed by atoms with E-state index in [9.17, 15) is 9.18 Å². The van der Waals surface area contributed by atoms with Crippen LogP contribution in [0.4, 0.5) is 4.39 Å². The number of carbonyl (C=O) groups excluding carboxylic acids is 1. The van der Waals surface area contributed by atoms with Crippen LogP contribution in [-0.2, 0) is 6.54 Å². The Morgan fingerprint density at radius 2 is 2.06 bits per heavy atom. The van der Waals surface area contributed by atoms with Gasteiger partial charge in [0.25, 0.3) is 11.8 Å². The van der Waals surface area contributed by atoms with E-state index in [1.807, 2.05) is 13.8 Å². The van der Waals surface area contributed by atoms with Gasteiger partial charge < -0.3 is 9.84 Å². The van der Waals surface area contributed by atoms with Gasteiger partial charge in [0.05, 0.1) is 28.0 Å². The molecule has 0 saturated carbocycles. The lowest BCUT2D eigenvalue weighted by atomic mass is 10.2. The fraction of sp³-hybridized carbons (Fsp3) is 0.227. The number of carbonyl (C=O) groups is 1. The highest BCUT2D eigenvalue weighted by Crippen LogP contribution is 2.21. The van der Waals surface area contributed by atoms with Gasteiger partial charge in [-0.2, -0.15) is 10.1 Å². The maximum atomic E-state index is 13.3. The van der Waals surface area contributed by atoms with E-state index in [4.69, 9.17) is 16.1 Å². The van der Waals surface area contributed by atoms with Crippen LogP contribution in [0.2, 0.25) is 5.02 Å². The Kier molecular flexibility index (Phi) is 6.00. The first-order chi connectivity index (χ1) is 15.3. The minimum atomic E-state index is -0.503. The summed E-state index contributed by atoms with van der Waals surface area (Å²) in [6, 6.07) is 7.87. The van der Waals surface area contributed by atoms with E-state index in [0.29, 0.717) is 39.9 Å². The fourth-order valence-electron chi connectivity index (χ4n) is 3.02. The highest BCUT2D eigenvalue weighted by atomic mass is 35.5. The third-order valence-corrected chi connectivity index (χ3v) is 5.15. The SMILES string of the molecule is Cc1c(C(=O)NCc2ccc(F)c(Cl)c2)cnn1-c1ccc(-c2nc(C(C)C)no2)cn1. The zero-order valence-electron chi connectivity index (χ0n) is 17.6. The second kappa shape index (κ2) is 8.88. The van der Waals surface area contributed by atoms with Crippen LogP contribution in [0.5, 0.6) is 0 Å². The van der Waals surface area contributed by atoms with E-state index >= 15 is 0 Å². The Labute approximate surface area is 188 Å². The molecule has 1 amide bonds. The third-order valence-electron chi connectivity index (χ3n) is 4.86. The van der Waals surface area contributed by atoms with Crippen LogP contribution in [0.25, 0.3) is 17.3 Å². The van der Waals surface area contributed by atoms with Crippen molar-refractivity contribution in [3.8, 4) is 17.3 Å². The minimum Gasteiger partial charge on any atom is -0.348 e. The number of rotatable bonds is 6. The molecule has 0 spiro atoms. The summed E-state index contributed by atoms with van der Waals surface area (Å²) in [5.41, 5.74) is 2.41. The molecule has 3 aromatic heterocycles. The first-order valence-electron chi connectivity index (χ1n) is 9.90. The van der Waals surface area contributed by atoms with E-state index in [2.05, 4.69) is 25.5 Å². The van der Waals surface area contributed by atoms with Crippen molar-refractivity contribution in [2.24, 2.45) is 0 Å². The Balaban J connectivity index is 1.48. The Bertz CT molecular complexity index is 1270. The van der Waals surface area contributed by atoms with Crippen molar-refractivity contribution >= 4 is 17.5 Å². The maximum Gasteiger partial charge on any atom is 0.259 e. The van der Waals surface area contributed by atoms with Gasteiger partial charge in [-0.1, -0.05) is 36.7 Å². The number of benzene rings is 1. The number of nitrogens with zero attached hydrogens (tertiary/aromatic N) is 5. The van der Waals surface area contributed by atoms with Crippen LogP contribution in [0.15, 0.2) is 47.2 Å². The van der Waals surface area contributed by atoms with E-state index in [0.717, 1.165) is 0 Å². The zero-order chi connectivity index (χ0) is 22.8. The van der Waals surface area contributed by atoms with Gasteiger partial charge in [0.1, 0.15) is 5.82 Å². The number of pyridine rings is 1. The molecule has 0 aliphatic rings. The maximum absolute atomic E-state index is 13.3. The summed E-state index contributed by atoms with van der Waals surface area (Å²) < 4.78 is 20.1. The largest absolute Gasteiger partial charge is 0.348 e.